The normalized spacial score (nSPS) is 10.1. The minimum absolute atomic E-state index is 0.0469. The highest BCUT2D eigenvalue weighted by Gasteiger charge is 2.10. The van der Waals surface area contributed by atoms with Crippen LogP contribution in [-0.2, 0) is 0 Å². The molecular weight excluding hydrogens is 269 g/mol. The summed E-state index contributed by atoms with van der Waals surface area (Å²) in [6, 6.07) is 5.93. The minimum Gasteiger partial charge on any atom is -0.478 e. The molecule has 0 aliphatic heterocycles. The Morgan fingerprint density at radius 1 is 1.35 bits per heavy atom. The molecular formula is C12H8FN3O4. The highest BCUT2D eigenvalue weighted by Crippen LogP contribution is 2.21. The second-order valence-electron chi connectivity index (χ2n) is 3.79. The van der Waals surface area contributed by atoms with E-state index < -0.39 is 16.7 Å². The van der Waals surface area contributed by atoms with Gasteiger partial charge in [0.1, 0.15) is 5.82 Å². The summed E-state index contributed by atoms with van der Waals surface area (Å²) in [7, 11) is 0. The molecule has 0 aliphatic rings. The molecule has 7 nitrogen and oxygen atoms in total. The Bertz CT molecular complexity index is 673. The quantitative estimate of drug-likeness (QED) is 0.657. The highest BCUT2D eigenvalue weighted by atomic mass is 19.1. The molecule has 2 aromatic rings. The van der Waals surface area contributed by atoms with Gasteiger partial charge < -0.3 is 20.5 Å². The Balaban J connectivity index is 2.21. The first-order valence-electron chi connectivity index (χ1n) is 5.37. The molecule has 0 amide bonds. The summed E-state index contributed by atoms with van der Waals surface area (Å²) < 4.78 is 13.6. The first kappa shape index (κ1) is 13.4. The van der Waals surface area contributed by atoms with E-state index in [1.807, 2.05) is 0 Å². The SMILES string of the molecule is O=C(O)c1ccc(Nc2ccc([N+](=O)[O-])nc2)c(F)c1. The van der Waals surface area contributed by atoms with Crippen molar-refractivity contribution in [1.82, 2.24) is 4.98 Å². The smallest absolute Gasteiger partial charge is 0.363 e. The molecule has 2 rings (SSSR count). The van der Waals surface area contributed by atoms with Crippen LogP contribution in [0.3, 0.4) is 0 Å². The van der Waals surface area contributed by atoms with E-state index in [-0.39, 0.29) is 17.1 Å². The van der Waals surface area contributed by atoms with Gasteiger partial charge in [0.15, 0.2) is 6.20 Å². The van der Waals surface area contributed by atoms with Gasteiger partial charge in [-0.25, -0.2) is 9.18 Å². The molecule has 1 aromatic carbocycles. The molecule has 0 unspecified atom stereocenters. The zero-order valence-corrected chi connectivity index (χ0v) is 9.91. The Morgan fingerprint density at radius 2 is 2.10 bits per heavy atom. The van der Waals surface area contributed by atoms with Crippen molar-refractivity contribution in [2.45, 2.75) is 0 Å². The van der Waals surface area contributed by atoms with Crippen LogP contribution < -0.4 is 5.32 Å². The third kappa shape index (κ3) is 2.86. The number of rotatable bonds is 4. The molecule has 0 bridgehead atoms. The van der Waals surface area contributed by atoms with Gasteiger partial charge in [0.2, 0.25) is 0 Å². The summed E-state index contributed by atoms with van der Waals surface area (Å²) in [5.74, 6) is -2.30. The third-order valence-electron chi connectivity index (χ3n) is 2.43. The van der Waals surface area contributed by atoms with Gasteiger partial charge in [0.05, 0.1) is 16.9 Å². The number of aromatic carboxylic acids is 1. The molecule has 0 atom stereocenters. The Morgan fingerprint density at radius 3 is 2.60 bits per heavy atom. The van der Waals surface area contributed by atoms with Crippen LogP contribution in [0.15, 0.2) is 36.5 Å². The van der Waals surface area contributed by atoms with E-state index >= 15 is 0 Å². The number of hydrogen-bond acceptors (Lipinski definition) is 5. The zero-order valence-electron chi connectivity index (χ0n) is 9.91. The summed E-state index contributed by atoms with van der Waals surface area (Å²) in [4.78, 5) is 24.0. The lowest BCUT2D eigenvalue weighted by Gasteiger charge is -2.06. The Hall–Kier alpha value is -3.03. The molecule has 0 spiro atoms. The lowest BCUT2D eigenvalue weighted by Crippen LogP contribution is -2.00. The van der Waals surface area contributed by atoms with Gasteiger partial charge >= 0.3 is 11.8 Å². The summed E-state index contributed by atoms with van der Waals surface area (Å²) >= 11 is 0. The molecule has 0 saturated carbocycles. The standard InChI is InChI=1S/C12H8FN3O4/c13-9-5-7(12(17)18)1-3-10(9)15-8-2-4-11(14-6-8)16(19)20/h1-6,15H,(H,17,18). The first-order chi connectivity index (χ1) is 9.47. The van der Waals surface area contributed by atoms with Gasteiger partial charge in [-0.15, -0.1) is 0 Å². The van der Waals surface area contributed by atoms with Gasteiger partial charge in [0, 0.05) is 6.07 Å². The molecule has 8 heteroatoms. The van der Waals surface area contributed by atoms with E-state index in [1.165, 1.54) is 30.5 Å². The lowest BCUT2D eigenvalue weighted by atomic mass is 10.2. The monoisotopic (exact) mass is 277 g/mol. The number of carboxylic acids is 1. The van der Waals surface area contributed by atoms with Crippen LogP contribution in [0.1, 0.15) is 10.4 Å². The largest absolute Gasteiger partial charge is 0.478 e. The Kier molecular flexibility index (Phi) is 3.56. The van der Waals surface area contributed by atoms with Crippen molar-refractivity contribution in [3.63, 3.8) is 0 Å². The van der Waals surface area contributed by atoms with Gasteiger partial charge in [0.25, 0.3) is 0 Å². The number of halogens is 1. The fraction of sp³-hybridized carbons (Fsp3) is 0. The molecule has 0 radical (unpaired) electrons. The van der Waals surface area contributed by atoms with Crippen LogP contribution in [0.4, 0.5) is 21.6 Å². The van der Waals surface area contributed by atoms with E-state index in [2.05, 4.69) is 10.3 Å². The van der Waals surface area contributed by atoms with Crippen molar-refractivity contribution < 1.29 is 19.2 Å². The number of anilines is 2. The third-order valence-corrected chi connectivity index (χ3v) is 2.43. The topological polar surface area (TPSA) is 105 Å². The van der Waals surface area contributed by atoms with Crippen molar-refractivity contribution in [2.24, 2.45) is 0 Å². The van der Waals surface area contributed by atoms with Crippen LogP contribution in [0, 0.1) is 15.9 Å². The van der Waals surface area contributed by atoms with Crippen molar-refractivity contribution in [2.75, 3.05) is 5.32 Å². The number of aromatic nitrogens is 1. The average molecular weight is 277 g/mol. The number of nitrogens with zero attached hydrogens (tertiary/aromatic N) is 2. The summed E-state index contributed by atoms with van der Waals surface area (Å²) in [5.41, 5.74) is 0.220. The lowest BCUT2D eigenvalue weighted by molar-refractivity contribution is -0.389. The highest BCUT2D eigenvalue weighted by molar-refractivity contribution is 5.88. The van der Waals surface area contributed by atoms with Gasteiger partial charge in [-0.1, -0.05) is 0 Å². The Labute approximate surface area is 111 Å². The van der Waals surface area contributed by atoms with Crippen molar-refractivity contribution in [3.05, 3.63) is 58.0 Å². The number of pyridine rings is 1. The van der Waals surface area contributed by atoms with Crippen LogP contribution in [0.2, 0.25) is 0 Å². The van der Waals surface area contributed by atoms with Crippen LogP contribution in [-0.4, -0.2) is 21.0 Å². The van der Waals surface area contributed by atoms with Gasteiger partial charge in [-0.2, -0.15) is 0 Å². The van der Waals surface area contributed by atoms with E-state index in [1.54, 1.807) is 0 Å². The number of nitro groups is 1. The second kappa shape index (κ2) is 5.31. The van der Waals surface area contributed by atoms with E-state index in [9.17, 15) is 19.3 Å². The van der Waals surface area contributed by atoms with Crippen LogP contribution in [0.25, 0.3) is 0 Å². The molecule has 102 valence electrons. The second-order valence-corrected chi connectivity index (χ2v) is 3.79. The zero-order chi connectivity index (χ0) is 14.7. The fourth-order valence-electron chi connectivity index (χ4n) is 1.47. The fourth-order valence-corrected chi connectivity index (χ4v) is 1.47. The van der Waals surface area contributed by atoms with E-state index in [0.29, 0.717) is 5.69 Å². The molecule has 2 N–H and O–H groups in total. The number of carboxylic acid groups (broad SMARTS) is 1. The first-order valence-corrected chi connectivity index (χ1v) is 5.37. The maximum Gasteiger partial charge on any atom is 0.363 e. The summed E-state index contributed by atoms with van der Waals surface area (Å²) in [5, 5.41) is 21.8. The molecule has 0 fully saturated rings. The molecule has 0 saturated heterocycles. The summed E-state index contributed by atoms with van der Waals surface area (Å²) in [6.07, 6.45) is 1.18. The van der Waals surface area contributed by atoms with Crippen LogP contribution in [0.5, 0.6) is 0 Å². The van der Waals surface area contributed by atoms with E-state index in [0.717, 1.165) is 6.07 Å². The maximum atomic E-state index is 13.6. The number of hydrogen-bond donors (Lipinski definition) is 2. The predicted molar refractivity (Wildman–Crippen MR) is 67.5 cm³/mol. The summed E-state index contributed by atoms with van der Waals surface area (Å²) in [6.45, 7) is 0. The van der Waals surface area contributed by atoms with Crippen LogP contribution >= 0.6 is 0 Å². The van der Waals surface area contributed by atoms with E-state index in [4.69, 9.17) is 5.11 Å². The number of benzene rings is 1. The van der Waals surface area contributed by atoms with Gasteiger partial charge in [-0.3, -0.25) is 0 Å². The van der Waals surface area contributed by atoms with Crippen molar-refractivity contribution in [1.29, 1.82) is 0 Å². The molecule has 0 aliphatic carbocycles. The molecule has 20 heavy (non-hydrogen) atoms. The average Bonchev–Trinajstić information content (AvgIpc) is 2.41. The van der Waals surface area contributed by atoms with Gasteiger partial charge in [-0.05, 0) is 34.2 Å². The number of carbonyl (C=O) groups is 1. The maximum absolute atomic E-state index is 13.6. The molecule has 1 aromatic heterocycles. The molecule has 1 heterocycles. The number of nitrogens with one attached hydrogen (secondary N) is 1. The minimum atomic E-state index is -1.23. The predicted octanol–water partition coefficient (Wildman–Crippen LogP) is 2.57. The van der Waals surface area contributed by atoms with Crippen molar-refractivity contribution in [3.8, 4) is 0 Å². The van der Waals surface area contributed by atoms with Crippen molar-refractivity contribution >= 4 is 23.2 Å².